The lowest BCUT2D eigenvalue weighted by molar-refractivity contribution is 0.362. The summed E-state index contributed by atoms with van der Waals surface area (Å²) < 4.78 is 5.22. The molecule has 4 heteroatoms. The van der Waals surface area contributed by atoms with Crippen molar-refractivity contribution < 1.29 is 4.52 Å². The van der Waals surface area contributed by atoms with E-state index in [0.717, 1.165) is 23.7 Å². The number of nitrogens with zero attached hydrogens (tertiary/aromatic N) is 2. The Morgan fingerprint density at radius 3 is 2.76 bits per heavy atom. The highest BCUT2D eigenvalue weighted by molar-refractivity contribution is 5.22. The van der Waals surface area contributed by atoms with E-state index in [1.165, 1.54) is 12.8 Å². The quantitative estimate of drug-likeness (QED) is 0.871. The van der Waals surface area contributed by atoms with Gasteiger partial charge in [-0.15, -0.1) is 0 Å². The van der Waals surface area contributed by atoms with Gasteiger partial charge in [-0.3, -0.25) is 0 Å². The Bertz CT molecular complexity index is 490. The van der Waals surface area contributed by atoms with Crippen molar-refractivity contribution >= 4 is 0 Å². The number of hydrogen-bond acceptors (Lipinski definition) is 4. The first kappa shape index (κ1) is 10.5. The molecule has 4 nitrogen and oxygen atoms in total. The molecule has 0 bridgehead atoms. The lowest BCUT2D eigenvalue weighted by Gasteiger charge is -2.05. The fourth-order valence-corrected chi connectivity index (χ4v) is 1.86. The molecular formula is C13H15N3O. The minimum absolute atomic E-state index is 0.323. The zero-order valence-corrected chi connectivity index (χ0v) is 9.54. The summed E-state index contributed by atoms with van der Waals surface area (Å²) in [6.45, 7) is 0. The predicted octanol–water partition coefficient (Wildman–Crippen LogP) is 2.07. The second-order valence-corrected chi connectivity index (χ2v) is 4.58. The molecule has 1 heterocycles. The van der Waals surface area contributed by atoms with Crippen LogP contribution in [0.15, 0.2) is 34.9 Å². The van der Waals surface area contributed by atoms with E-state index >= 15 is 0 Å². The Morgan fingerprint density at radius 1 is 1.29 bits per heavy atom. The van der Waals surface area contributed by atoms with Gasteiger partial charge >= 0.3 is 0 Å². The third kappa shape index (κ3) is 2.36. The van der Waals surface area contributed by atoms with Gasteiger partial charge < -0.3 is 10.3 Å². The van der Waals surface area contributed by atoms with E-state index in [1.807, 2.05) is 30.3 Å². The molecule has 0 saturated heterocycles. The lowest BCUT2D eigenvalue weighted by Crippen LogP contribution is -2.12. The molecule has 0 amide bonds. The highest BCUT2D eigenvalue weighted by Crippen LogP contribution is 2.32. The maximum Gasteiger partial charge on any atom is 0.248 e. The summed E-state index contributed by atoms with van der Waals surface area (Å²) in [6.07, 6.45) is 3.49. The monoisotopic (exact) mass is 229 g/mol. The van der Waals surface area contributed by atoms with E-state index in [4.69, 9.17) is 10.3 Å². The van der Waals surface area contributed by atoms with Crippen LogP contribution in [0.1, 0.15) is 36.2 Å². The Labute approximate surface area is 99.8 Å². The topological polar surface area (TPSA) is 64.9 Å². The maximum atomic E-state index is 6.08. The second kappa shape index (κ2) is 4.30. The normalized spacial score (nSPS) is 17.0. The van der Waals surface area contributed by atoms with Crippen LogP contribution in [0.3, 0.4) is 0 Å². The minimum atomic E-state index is -0.323. The summed E-state index contributed by atoms with van der Waals surface area (Å²) >= 11 is 0. The van der Waals surface area contributed by atoms with Gasteiger partial charge in [-0.1, -0.05) is 35.5 Å². The average Bonchev–Trinajstić information content (AvgIpc) is 3.06. The van der Waals surface area contributed by atoms with Crippen molar-refractivity contribution in [3.8, 4) is 0 Å². The van der Waals surface area contributed by atoms with Crippen molar-refractivity contribution in [1.82, 2.24) is 10.1 Å². The smallest absolute Gasteiger partial charge is 0.248 e. The molecule has 0 radical (unpaired) electrons. The highest BCUT2D eigenvalue weighted by Gasteiger charge is 2.25. The van der Waals surface area contributed by atoms with Gasteiger partial charge in [0, 0.05) is 6.42 Å². The van der Waals surface area contributed by atoms with Crippen LogP contribution in [0, 0.1) is 5.92 Å². The molecule has 2 aromatic rings. The van der Waals surface area contributed by atoms with Crippen molar-refractivity contribution in [3.63, 3.8) is 0 Å². The van der Waals surface area contributed by atoms with Crippen molar-refractivity contribution in [1.29, 1.82) is 0 Å². The van der Waals surface area contributed by atoms with Crippen molar-refractivity contribution in [2.24, 2.45) is 11.7 Å². The maximum absolute atomic E-state index is 6.08. The van der Waals surface area contributed by atoms with Gasteiger partial charge in [0.25, 0.3) is 0 Å². The molecule has 0 spiro atoms. The fraction of sp³-hybridized carbons (Fsp3) is 0.385. The fourth-order valence-electron chi connectivity index (χ4n) is 1.86. The molecule has 1 aromatic heterocycles. The van der Waals surface area contributed by atoms with Crippen LogP contribution >= 0.6 is 0 Å². The van der Waals surface area contributed by atoms with Gasteiger partial charge in [0.05, 0.1) is 0 Å². The third-order valence-electron chi connectivity index (χ3n) is 3.08. The van der Waals surface area contributed by atoms with Gasteiger partial charge in [0.15, 0.2) is 5.82 Å². The molecule has 1 saturated carbocycles. The summed E-state index contributed by atoms with van der Waals surface area (Å²) in [4.78, 5) is 4.36. The van der Waals surface area contributed by atoms with Crippen LogP contribution in [0.4, 0.5) is 0 Å². The van der Waals surface area contributed by atoms with Gasteiger partial charge in [0.2, 0.25) is 5.89 Å². The van der Waals surface area contributed by atoms with Gasteiger partial charge in [-0.2, -0.15) is 4.98 Å². The number of aromatic nitrogens is 2. The van der Waals surface area contributed by atoms with Crippen molar-refractivity contribution in [2.45, 2.75) is 25.3 Å². The van der Waals surface area contributed by atoms with Crippen LogP contribution < -0.4 is 5.73 Å². The number of rotatable bonds is 4. The summed E-state index contributed by atoms with van der Waals surface area (Å²) in [5.41, 5.74) is 7.07. The van der Waals surface area contributed by atoms with E-state index in [1.54, 1.807) is 0 Å². The molecule has 3 rings (SSSR count). The molecule has 1 aromatic carbocycles. The summed E-state index contributed by atoms with van der Waals surface area (Å²) in [7, 11) is 0. The van der Waals surface area contributed by atoms with Gasteiger partial charge in [-0.25, -0.2) is 0 Å². The zero-order chi connectivity index (χ0) is 11.7. The van der Waals surface area contributed by atoms with Gasteiger partial charge in [-0.05, 0) is 24.3 Å². The number of benzene rings is 1. The van der Waals surface area contributed by atoms with Crippen LogP contribution in [-0.4, -0.2) is 10.1 Å². The molecule has 1 fully saturated rings. The van der Waals surface area contributed by atoms with Crippen molar-refractivity contribution in [3.05, 3.63) is 47.6 Å². The zero-order valence-electron chi connectivity index (χ0n) is 9.54. The van der Waals surface area contributed by atoms with E-state index in [-0.39, 0.29) is 6.04 Å². The first-order valence-electron chi connectivity index (χ1n) is 5.96. The van der Waals surface area contributed by atoms with Crippen LogP contribution in [0.2, 0.25) is 0 Å². The van der Waals surface area contributed by atoms with E-state index in [9.17, 15) is 0 Å². The molecule has 1 aliphatic rings. The standard InChI is InChI=1S/C13H15N3O/c14-12(10-4-2-1-3-5-10)13-15-11(16-17-13)8-9-6-7-9/h1-5,9,12H,6-8,14H2/t12-/m0/s1. The first-order chi connectivity index (χ1) is 8.33. The first-order valence-corrected chi connectivity index (χ1v) is 5.96. The van der Waals surface area contributed by atoms with Gasteiger partial charge in [0.1, 0.15) is 6.04 Å². The Hall–Kier alpha value is -1.68. The number of hydrogen-bond donors (Lipinski definition) is 1. The molecule has 1 atom stereocenters. The highest BCUT2D eigenvalue weighted by atomic mass is 16.5. The van der Waals surface area contributed by atoms with Crippen LogP contribution in [0.5, 0.6) is 0 Å². The molecule has 0 unspecified atom stereocenters. The minimum Gasteiger partial charge on any atom is -0.337 e. The average molecular weight is 229 g/mol. The predicted molar refractivity (Wildman–Crippen MR) is 63.2 cm³/mol. The lowest BCUT2D eigenvalue weighted by atomic mass is 10.1. The Balaban J connectivity index is 1.76. The molecule has 0 aliphatic heterocycles. The molecule has 88 valence electrons. The molecule has 1 aliphatic carbocycles. The van der Waals surface area contributed by atoms with E-state index in [2.05, 4.69) is 10.1 Å². The second-order valence-electron chi connectivity index (χ2n) is 4.58. The SMILES string of the molecule is N[C@@H](c1ccccc1)c1nc(CC2CC2)no1. The van der Waals surface area contributed by atoms with E-state index in [0.29, 0.717) is 5.89 Å². The summed E-state index contributed by atoms with van der Waals surface area (Å²) in [5, 5.41) is 3.98. The molecule has 17 heavy (non-hydrogen) atoms. The largest absolute Gasteiger partial charge is 0.337 e. The summed E-state index contributed by atoms with van der Waals surface area (Å²) in [5.74, 6) is 2.05. The third-order valence-corrected chi connectivity index (χ3v) is 3.08. The van der Waals surface area contributed by atoms with Crippen LogP contribution in [0.25, 0.3) is 0 Å². The summed E-state index contributed by atoms with van der Waals surface area (Å²) in [6, 6.07) is 9.48. The molecule has 2 N–H and O–H groups in total. The van der Waals surface area contributed by atoms with Crippen molar-refractivity contribution in [2.75, 3.05) is 0 Å². The molecular weight excluding hydrogens is 214 g/mol. The number of nitrogens with two attached hydrogens (primary N) is 1. The van der Waals surface area contributed by atoms with Crippen LogP contribution in [-0.2, 0) is 6.42 Å². The van der Waals surface area contributed by atoms with E-state index < -0.39 is 0 Å². The Morgan fingerprint density at radius 2 is 2.06 bits per heavy atom. The Kier molecular flexibility index (Phi) is 2.65.